The molecule has 0 unspecified atom stereocenters. The van der Waals surface area contributed by atoms with Crippen LogP contribution < -0.4 is 10.1 Å². The summed E-state index contributed by atoms with van der Waals surface area (Å²) in [6.07, 6.45) is 5.89. The van der Waals surface area contributed by atoms with Crippen LogP contribution in [-0.2, 0) is 11.3 Å². The molecule has 0 bridgehead atoms. The number of nitrogens with zero attached hydrogens (tertiary/aromatic N) is 6. The molecule has 1 saturated carbocycles. The van der Waals surface area contributed by atoms with Crippen LogP contribution in [0.1, 0.15) is 32.1 Å². The highest BCUT2D eigenvalue weighted by Crippen LogP contribution is 2.35. The quantitative estimate of drug-likeness (QED) is 0.246. The van der Waals surface area contributed by atoms with Crippen molar-refractivity contribution in [3.8, 4) is 28.8 Å². The van der Waals surface area contributed by atoms with Crippen LogP contribution in [0.15, 0.2) is 66.0 Å². The minimum absolute atomic E-state index is 0.0949. The van der Waals surface area contributed by atoms with Gasteiger partial charge in [-0.15, -0.1) is 0 Å². The van der Waals surface area contributed by atoms with Gasteiger partial charge in [-0.2, -0.15) is 10.4 Å². The molecule has 1 atom stereocenters. The number of hydrogen-bond donors (Lipinski definition) is 1. The summed E-state index contributed by atoms with van der Waals surface area (Å²) in [5, 5.41) is 18.5. The number of fused-ring (bicyclic) bond motifs is 1. The molecule has 2 fully saturated rings. The number of amides is 1. The number of benzene rings is 2. The number of nitrogens with one attached hydrogen (secondary N) is 1. The van der Waals surface area contributed by atoms with E-state index in [2.05, 4.69) is 21.4 Å². The predicted octanol–water partition coefficient (Wildman–Crippen LogP) is 5.46. The number of carbonyl (C=O) groups is 1. The molecule has 1 amide bonds. The van der Waals surface area contributed by atoms with Crippen LogP contribution in [0.25, 0.3) is 22.3 Å². The Hall–Kier alpha value is -4.78. The highest BCUT2D eigenvalue weighted by atomic mass is 19.1. The number of hydrogen-bond acceptors (Lipinski definition) is 7. The third-order valence-electron chi connectivity index (χ3n) is 7.58. The summed E-state index contributed by atoms with van der Waals surface area (Å²) in [6, 6.07) is 15.5. The Kier molecular flexibility index (Phi) is 6.86. The van der Waals surface area contributed by atoms with Crippen molar-refractivity contribution in [2.24, 2.45) is 0 Å². The Bertz CT molecular complexity index is 1650. The smallest absolute Gasteiger partial charge is 0.264 e. The lowest BCUT2D eigenvalue weighted by Crippen LogP contribution is -2.39. The second-order valence-electron chi connectivity index (χ2n) is 10.0. The van der Waals surface area contributed by atoms with Gasteiger partial charge in [-0.05, 0) is 74.1 Å². The first-order valence-electron chi connectivity index (χ1n) is 13.4. The Balaban J connectivity index is 1.31. The van der Waals surface area contributed by atoms with Crippen molar-refractivity contribution < 1.29 is 13.9 Å². The van der Waals surface area contributed by atoms with Crippen LogP contribution in [-0.4, -0.2) is 50.2 Å². The van der Waals surface area contributed by atoms with Crippen LogP contribution in [0.2, 0.25) is 0 Å². The molecule has 2 aliphatic rings. The molecule has 1 aliphatic heterocycles. The topological polar surface area (TPSA) is 109 Å². The monoisotopic (exact) mass is 537 g/mol. The molecule has 9 nitrogen and oxygen atoms in total. The fraction of sp³-hybridized carbons (Fsp3) is 0.300. The van der Waals surface area contributed by atoms with Gasteiger partial charge in [0.05, 0.1) is 18.0 Å². The average molecular weight is 538 g/mol. The lowest BCUT2D eigenvalue weighted by molar-refractivity contribution is -0.127. The van der Waals surface area contributed by atoms with E-state index in [0.29, 0.717) is 47.3 Å². The van der Waals surface area contributed by atoms with Crippen molar-refractivity contribution in [1.82, 2.24) is 24.6 Å². The lowest BCUT2D eigenvalue weighted by atomic mass is 9.88. The largest absolute Gasteiger partial charge is 0.457 e. The van der Waals surface area contributed by atoms with E-state index in [1.807, 2.05) is 33.8 Å². The van der Waals surface area contributed by atoms with Crippen LogP contribution in [0.3, 0.4) is 0 Å². The number of likely N-dealkylation sites (tertiary alicyclic amines) is 1. The maximum Gasteiger partial charge on any atom is 0.264 e. The van der Waals surface area contributed by atoms with Crippen molar-refractivity contribution >= 4 is 22.8 Å². The number of carbonyl (C=O) groups excluding carboxylic acids is 1. The summed E-state index contributed by atoms with van der Waals surface area (Å²) in [5.41, 5.74) is 3.47. The van der Waals surface area contributed by atoms with E-state index < -0.39 is 0 Å². The zero-order valence-corrected chi connectivity index (χ0v) is 22.1. The van der Waals surface area contributed by atoms with Gasteiger partial charge in [0.2, 0.25) is 0 Å². The molecule has 0 spiro atoms. The summed E-state index contributed by atoms with van der Waals surface area (Å²) in [7, 11) is 1.80. The minimum atomic E-state index is -0.364. The van der Waals surface area contributed by atoms with Crippen molar-refractivity contribution in [1.29, 1.82) is 5.26 Å². The Labute approximate surface area is 230 Å². The number of ether oxygens (including phenoxy) is 1. The standard InChI is InChI=1S/C30H28FN7O2/c1-33-28-26-27(20-10-12-23(13-11-20)40-24-9-3-7-21(31)15-24)36-38(29(26)35-18-34-28)17-22-8-4-14-37(22)30(39)25(16-32)19-5-2-6-19/h3,7,9-13,15,18,22H,2,4-6,8,14,17H2,1H3,(H,33,34,35)/t22-/m1/s1. The molecule has 1 saturated heterocycles. The molecule has 0 radical (unpaired) electrons. The first kappa shape index (κ1) is 25.5. The number of rotatable bonds is 7. The SMILES string of the molecule is CNc1ncnc2c1c(-c1ccc(Oc3cccc(F)c3)cc1)nn2C[C@H]1CCCN1C(=O)C(C#N)=C1CCC1. The van der Waals surface area contributed by atoms with Crippen molar-refractivity contribution in [2.45, 2.75) is 44.7 Å². The molecule has 202 valence electrons. The Morgan fingerprint density at radius 3 is 2.67 bits per heavy atom. The fourth-order valence-corrected chi connectivity index (χ4v) is 5.39. The second-order valence-corrected chi connectivity index (χ2v) is 10.0. The fourth-order valence-electron chi connectivity index (χ4n) is 5.39. The van der Waals surface area contributed by atoms with Gasteiger partial charge in [0, 0.05) is 25.2 Å². The molecule has 2 aromatic heterocycles. The van der Waals surface area contributed by atoms with Gasteiger partial charge in [-0.1, -0.05) is 6.07 Å². The average Bonchev–Trinajstić information content (AvgIpc) is 3.56. The third-order valence-corrected chi connectivity index (χ3v) is 7.58. The number of anilines is 1. The highest BCUT2D eigenvalue weighted by Gasteiger charge is 2.34. The number of allylic oxidation sites excluding steroid dienone is 1. The van der Waals surface area contributed by atoms with E-state index in [9.17, 15) is 14.4 Å². The van der Waals surface area contributed by atoms with E-state index in [-0.39, 0.29) is 17.8 Å². The summed E-state index contributed by atoms with van der Waals surface area (Å²) < 4.78 is 21.2. The van der Waals surface area contributed by atoms with Crippen LogP contribution in [0, 0.1) is 17.1 Å². The number of aromatic nitrogens is 4. The maximum absolute atomic E-state index is 13.6. The summed E-state index contributed by atoms with van der Waals surface area (Å²) in [5.74, 6) is 1.09. The van der Waals surface area contributed by atoms with Gasteiger partial charge in [-0.25, -0.2) is 19.0 Å². The van der Waals surface area contributed by atoms with Gasteiger partial charge in [0.25, 0.3) is 5.91 Å². The van der Waals surface area contributed by atoms with Crippen molar-refractivity contribution in [3.05, 3.63) is 71.8 Å². The Morgan fingerprint density at radius 2 is 1.98 bits per heavy atom. The molecular weight excluding hydrogens is 509 g/mol. The molecule has 2 aromatic carbocycles. The molecule has 40 heavy (non-hydrogen) atoms. The Morgan fingerprint density at radius 1 is 1.15 bits per heavy atom. The first-order chi connectivity index (χ1) is 19.6. The van der Waals surface area contributed by atoms with Crippen molar-refractivity contribution in [2.75, 3.05) is 18.9 Å². The van der Waals surface area contributed by atoms with Crippen molar-refractivity contribution in [3.63, 3.8) is 0 Å². The van der Waals surface area contributed by atoms with Gasteiger partial charge in [0.1, 0.15) is 46.8 Å². The van der Waals surface area contributed by atoms with E-state index in [1.165, 1.54) is 18.5 Å². The minimum Gasteiger partial charge on any atom is -0.457 e. The molecule has 3 heterocycles. The van der Waals surface area contributed by atoms with E-state index >= 15 is 0 Å². The summed E-state index contributed by atoms with van der Waals surface area (Å²) in [4.78, 5) is 24.1. The van der Waals surface area contributed by atoms with Crippen LogP contribution in [0.5, 0.6) is 11.5 Å². The van der Waals surface area contributed by atoms with Crippen LogP contribution in [0.4, 0.5) is 10.2 Å². The first-order valence-corrected chi connectivity index (χ1v) is 13.4. The molecule has 1 N–H and O–H groups in total. The second kappa shape index (κ2) is 10.8. The third kappa shape index (κ3) is 4.75. The zero-order chi connectivity index (χ0) is 27.6. The van der Waals surface area contributed by atoms with E-state index in [4.69, 9.17) is 9.84 Å². The van der Waals surface area contributed by atoms with Gasteiger partial charge in [-0.3, -0.25) is 4.79 Å². The highest BCUT2D eigenvalue weighted by molar-refractivity contribution is 5.99. The zero-order valence-electron chi connectivity index (χ0n) is 22.1. The van der Waals surface area contributed by atoms with Gasteiger partial charge in [0.15, 0.2) is 5.65 Å². The molecule has 1 aliphatic carbocycles. The molecular formula is C30H28FN7O2. The van der Waals surface area contributed by atoms with Gasteiger partial charge >= 0.3 is 0 Å². The predicted molar refractivity (Wildman–Crippen MR) is 148 cm³/mol. The van der Waals surface area contributed by atoms with E-state index in [1.54, 1.807) is 19.2 Å². The summed E-state index contributed by atoms with van der Waals surface area (Å²) >= 11 is 0. The van der Waals surface area contributed by atoms with E-state index in [0.717, 1.165) is 48.6 Å². The molecule has 4 aromatic rings. The van der Waals surface area contributed by atoms with Gasteiger partial charge < -0.3 is 15.0 Å². The number of halogens is 1. The number of nitriles is 1. The maximum atomic E-state index is 13.6. The van der Waals surface area contributed by atoms with Crippen LogP contribution >= 0.6 is 0 Å². The summed E-state index contributed by atoms with van der Waals surface area (Å²) in [6.45, 7) is 1.08. The normalized spacial score (nSPS) is 16.5. The molecule has 10 heteroatoms. The lowest BCUT2D eigenvalue weighted by Gasteiger charge is -2.27. The molecule has 6 rings (SSSR count).